The molecule has 3 aromatic carbocycles. The number of para-hydroxylation sites is 2. The lowest BCUT2D eigenvalue weighted by atomic mass is 9.99. The maximum atomic E-state index is 10.3. The number of phenols is 1. The monoisotopic (exact) mass is 303 g/mol. The lowest BCUT2D eigenvalue weighted by Gasteiger charge is -2.08. The van der Waals surface area contributed by atoms with Crippen molar-refractivity contribution in [1.29, 1.82) is 0 Å². The zero-order valence-electron chi connectivity index (χ0n) is 12.6. The third kappa shape index (κ3) is 2.09. The average Bonchev–Trinajstić information content (AvgIpc) is 2.90. The minimum absolute atomic E-state index is 0.0919. The first kappa shape index (κ1) is 13.9. The number of aliphatic hydroxyl groups excluding tert-OH is 1. The van der Waals surface area contributed by atoms with Crippen LogP contribution in [0.2, 0.25) is 0 Å². The Morgan fingerprint density at radius 3 is 2.26 bits per heavy atom. The standard InChI is InChI=1S/C20H17NO2/c22-13-12-21-17-9-3-1-7-16(17)20-15(8-5-10-18(20)21)14-6-2-4-11-19(14)23/h1-11,22-23H,12-13H2. The van der Waals surface area contributed by atoms with Crippen molar-refractivity contribution in [3.63, 3.8) is 0 Å². The van der Waals surface area contributed by atoms with Crippen LogP contribution in [0.3, 0.4) is 0 Å². The number of benzene rings is 3. The van der Waals surface area contributed by atoms with E-state index >= 15 is 0 Å². The van der Waals surface area contributed by atoms with Crippen molar-refractivity contribution < 1.29 is 10.2 Å². The predicted molar refractivity (Wildman–Crippen MR) is 93.6 cm³/mol. The molecule has 2 N–H and O–H groups in total. The van der Waals surface area contributed by atoms with E-state index in [0.29, 0.717) is 6.54 Å². The van der Waals surface area contributed by atoms with E-state index in [1.165, 1.54) is 0 Å². The van der Waals surface area contributed by atoms with Crippen LogP contribution >= 0.6 is 0 Å². The molecule has 0 saturated carbocycles. The summed E-state index contributed by atoms with van der Waals surface area (Å²) < 4.78 is 2.13. The van der Waals surface area contributed by atoms with E-state index in [4.69, 9.17) is 0 Å². The van der Waals surface area contributed by atoms with Crippen LogP contribution in [0.5, 0.6) is 5.75 Å². The third-order valence-corrected chi connectivity index (χ3v) is 4.32. The fraction of sp³-hybridized carbons (Fsp3) is 0.100. The number of nitrogens with zero attached hydrogens (tertiary/aromatic N) is 1. The molecule has 0 bridgehead atoms. The van der Waals surface area contributed by atoms with Gasteiger partial charge in [0.1, 0.15) is 5.75 Å². The maximum Gasteiger partial charge on any atom is 0.123 e. The SMILES string of the molecule is OCCn1c2ccccc2c2c(-c3ccccc3O)cccc21. The zero-order chi connectivity index (χ0) is 15.8. The van der Waals surface area contributed by atoms with Crippen LogP contribution in [-0.4, -0.2) is 21.4 Å². The average molecular weight is 303 g/mol. The molecule has 4 rings (SSSR count). The summed E-state index contributed by atoms with van der Waals surface area (Å²) in [6, 6.07) is 21.7. The van der Waals surface area contributed by atoms with Gasteiger partial charge in [-0.1, -0.05) is 48.5 Å². The normalized spacial score (nSPS) is 11.3. The van der Waals surface area contributed by atoms with Gasteiger partial charge in [0, 0.05) is 33.9 Å². The minimum Gasteiger partial charge on any atom is -0.507 e. The summed E-state index contributed by atoms with van der Waals surface area (Å²) in [4.78, 5) is 0. The molecule has 23 heavy (non-hydrogen) atoms. The van der Waals surface area contributed by atoms with Crippen LogP contribution in [0, 0.1) is 0 Å². The largest absolute Gasteiger partial charge is 0.507 e. The van der Waals surface area contributed by atoms with Gasteiger partial charge < -0.3 is 14.8 Å². The number of phenolic OH excluding ortho intramolecular Hbond substituents is 1. The molecule has 0 aliphatic heterocycles. The first-order chi connectivity index (χ1) is 11.3. The van der Waals surface area contributed by atoms with Gasteiger partial charge in [-0.05, 0) is 23.8 Å². The van der Waals surface area contributed by atoms with Gasteiger partial charge in [-0.3, -0.25) is 0 Å². The molecule has 0 radical (unpaired) electrons. The van der Waals surface area contributed by atoms with Crippen LogP contribution in [0.4, 0.5) is 0 Å². The second kappa shape index (κ2) is 5.45. The van der Waals surface area contributed by atoms with Crippen LogP contribution in [0.25, 0.3) is 32.9 Å². The number of aromatic nitrogens is 1. The molecule has 0 aliphatic carbocycles. The third-order valence-electron chi connectivity index (χ3n) is 4.32. The van der Waals surface area contributed by atoms with Crippen molar-refractivity contribution in [3.8, 4) is 16.9 Å². The highest BCUT2D eigenvalue weighted by molar-refractivity contribution is 6.15. The number of aromatic hydroxyl groups is 1. The number of rotatable bonds is 3. The molecule has 0 fully saturated rings. The van der Waals surface area contributed by atoms with Crippen LogP contribution < -0.4 is 0 Å². The van der Waals surface area contributed by atoms with E-state index in [1.54, 1.807) is 6.07 Å². The molecule has 114 valence electrons. The summed E-state index contributed by atoms with van der Waals surface area (Å²) in [5, 5.41) is 21.9. The summed E-state index contributed by atoms with van der Waals surface area (Å²) in [6.45, 7) is 0.642. The highest BCUT2D eigenvalue weighted by Gasteiger charge is 2.15. The summed E-state index contributed by atoms with van der Waals surface area (Å²) in [5.41, 5.74) is 4.00. The summed E-state index contributed by atoms with van der Waals surface area (Å²) in [5.74, 6) is 0.277. The quantitative estimate of drug-likeness (QED) is 0.597. The maximum absolute atomic E-state index is 10.3. The van der Waals surface area contributed by atoms with E-state index in [0.717, 1.165) is 32.9 Å². The Morgan fingerprint density at radius 1 is 0.739 bits per heavy atom. The van der Waals surface area contributed by atoms with Crippen molar-refractivity contribution in [2.45, 2.75) is 6.54 Å². The second-order valence-corrected chi connectivity index (χ2v) is 5.61. The molecule has 0 unspecified atom stereocenters. The van der Waals surface area contributed by atoms with Crippen molar-refractivity contribution in [2.75, 3.05) is 6.61 Å². The Hall–Kier alpha value is -2.78. The zero-order valence-corrected chi connectivity index (χ0v) is 12.6. The van der Waals surface area contributed by atoms with E-state index in [9.17, 15) is 10.2 Å². The van der Waals surface area contributed by atoms with Gasteiger partial charge in [0.15, 0.2) is 0 Å². The Morgan fingerprint density at radius 2 is 1.43 bits per heavy atom. The van der Waals surface area contributed by atoms with Crippen molar-refractivity contribution >= 4 is 21.8 Å². The van der Waals surface area contributed by atoms with Crippen LogP contribution in [0.1, 0.15) is 0 Å². The summed E-state index contributed by atoms with van der Waals surface area (Å²) in [7, 11) is 0. The molecule has 0 aliphatic rings. The van der Waals surface area contributed by atoms with Crippen LogP contribution in [0.15, 0.2) is 66.7 Å². The molecular weight excluding hydrogens is 286 g/mol. The number of fused-ring (bicyclic) bond motifs is 3. The van der Waals surface area contributed by atoms with E-state index in [1.807, 2.05) is 42.5 Å². The molecule has 1 heterocycles. The minimum atomic E-state index is 0.0919. The lowest BCUT2D eigenvalue weighted by Crippen LogP contribution is -2.01. The fourth-order valence-electron chi connectivity index (χ4n) is 3.37. The molecule has 3 nitrogen and oxygen atoms in total. The predicted octanol–water partition coefficient (Wildman–Crippen LogP) is 4.16. The molecule has 0 atom stereocenters. The fourth-order valence-corrected chi connectivity index (χ4v) is 3.37. The first-order valence-electron chi connectivity index (χ1n) is 7.70. The van der Waals surface area contributed by atoms with Gasteiger partial charge >= 0.3 is 0 Å². The Bertz CT molecular complexity index is 1000. The molecule has 0 spiro atoms. The van der Waals surface area contributed by atoms with Gasteiger partial charge in [0.05, 0.1) is 6.61 Å². The van der Waals surface area contributed by atoms with E-state index in [-0.39, 0.29) is 12.4 Å². The summed E-state index contributed by atoms with van der Waals surface area (Å²) in [6.07, 6.45) is 0. The summed E-state index contributed by atoms with van der Waals surface area (Å²) >= 11 is 0. The van der Waals surface area contributed by atoms with Crippen molar-refractivity contribution in [2.24, 2.45) is 0 Å². The van der Waals surface area contributed by atoms with Crippen LogP contribution in [-0.2, 0) is 6.54 Å². The van der Waals surface area contributed by atoms with Crippen molar-refractivity contribution in [1.82, 2.24) is 4.57 Å². The van der Waals surface area contributed by atoms with E-state index < -0.39 is 0 Å². The molecule has 1 aromatic heterocycles. The van der Waals surface area contributed by atoms with Gasteiger partial charge in [-0.2, -0.15) is 0 Å². The molecule has 0 saturated heterocycles. The smallest absolute Gasteiger partial charge is 0.123 e. The Kier molecular flexibility index (Phi) is 3.28. The molecule has 4 aromatic rings. The van der Waals surface area contributed by atoms with Gasteiger partial charge in [0.2, 0.25) is 0 Å². The second-order valence-electron chi connectivity index (χ2n) is 5.61. The Labute approximate surface area is 134 Å². The first-order valence-corrected chi connectivity index (χ1v) is 7.70. The molecule has 3 heteroatoms. The molecular formula is C20H17NO2. The van der Waals surface area contributed by atoms with Gasteiger partial charge in [0.25, 0.3) is 0 Å². The highest BCUT2D eigenvalue weighted by Crippen LogP contribution is 2.39. The topological polar surface area (TPSA) is 45.4 Å². The lowest BCUT2D eigenvalue weighted by molar-refractivity contribution is 0.280. The van der Waals surface area contributed by atoms with Crippen molar-refractivity contribution in [3.05, 3.63) is 66.7 Å². The van der Waals surface area contributed by atoms with Gasteiger partial charge in [-0.15, -0.1) is 0 Å². The van der Waals surface area contributed by atoms with Gasteiger partial charge in [-0.25, -0.2) is 0 Å². The number of hydrogen-bond acceptors (Lipinski definition) is 2. The number of aliphatic hydroxyl groups is 1. The van der Waals surface area contributed by atoms with E-state index in [2.05, 4.69) is 22.8 Å². The molecule has 0 amide bonds. The number of hydrogen-bond donors (Lipinski definition) is 2. The Balaban J connectivity index is 2.16. The highest BCUT2D eigenvalue weighted by atomic mass is 16.3.